The Morgan fingerprint density at radius 1 is 1.10 bits per heavy atom. The Morgan fingerprint density at radius 2 is 1.90 bits per heavy atom. The maximum Gasteiger partial charge on any atom is 0.177 e. The van der Waals surface area contributed by atoms with Crippen LogP contribution in [-0.4, -0.2) is 35.7 Å². The Bertz CT molecular complexity index is 1070. The van der Waals surface area contributed by atoms with E-state index < -0.39 is 0 Å². The fourth-order valence-corrected chi connectivity index (χ4v) is 4.33. The van der Waals surface area contributed by atoms with Gasteiger partial charge < -0.3 is 10.6 Å². The molecule has 3 aromatic rings. The summed E-state index contributed by atoms with van der Waals surface area (Å²) in [4.78, 5) is 28.3. The number of pyridine rings is 1. The number of carbonyl (C=O) groups excluding carboxylic acids is 2. The van der Waals surface area contributed by atoms with Gasteiger partial charge in [0.05, 0.1) is 12.1 Å². The van der Waals surface area contributed by atoms with Gasteiger partial charge in [-0.3, -0.25) is 14.6 Å². The highest BCUT2D eigenvalue weighted by atomic mass is 35.5. The summed E-state index contributed by atoms with van der Waals surface area (Å²) in [6.07, 6.45) is 6.81. The van der Waals surface area contributed by atoms with Crippen LogP contribution < -0.4 is 10.6 Å². The minimum Gasteiger partial charge on any atom is -0.380 e. The number of halogens is 1. The lowest BCUT2D eigenvalue weighted by Gasteiger charge is -2.34. The van der Waals surface area contributed by atoms with Gasteiger partial charge in [-0.05, 0) is 37.1 Å². The van der Waals surface area contributed by atoms with Crippen molar-refractivity contribution in [2.45, 2.75) is 37.8 Å². The van der Waals surface area contributed by atoms with E-state index in [1.807, 2.05) is 24.3 Å². The van der Waals surface area contributed by atoms with E-state index in [4.69, 9.17) is 11.6 Å². The third-order valence-corrected chi connectivity index (χ3v) is 5.96. The van der Waals surface area contributed by atoms with Crippen LogP contribution in [0.3, 0.4) is 0 Å². The summed E-state index contributed by atoms with van der Waals surface area (Å²) >= 11 is 6.10. The van der Waals surface area contributed by atoms with Crippen molar-refractivity contribution < 1.29 is 9.59 Å². The van der Waals surface area contributed by atoms with Crippen LogP contribution in [0.25, 0.3) is 10.9 Å². The largest absolute Gasteiger partial charge is 0.380 e. The number of nitrogens with zero attached hydrogens (tertiary/aromatic N) is 1. The number of aromatic nitrogens is 1. The van der Waals surface area contributed by atoms with Crippen LogP contribution in [0.2, 0.25) is 5.02 Å². The van der Waals surface area contributed by atoms with E-state index in [0.717, 1.165) is 48.6 Å². The molecule has 1 aromatic heterocycles. The first-order valence-corrected chi connectivity index (χ1v) is 10.6. The van der Waals surface area contributed by atoms with Gasteiger partial charge in [-0.2, -0.15) is 0 Å². The Hall–Kier alpha value is -2.76. The maximum atomic E-state index is 12.7. The summed E-state index contributed by atoms with van der Waals surface area (Å²) in [6.45, 7) is 0.209. The molecular formula is C24H24ClN3O2. The average molecular weight is 422 g/mol. The number of Topliss-reactive ketones (excluding diaryl/α,β-unsaturated/α-hetero) is 1. The first kappa shape index (κ1) is 20.5. The van der Waals surface area contributed by atoms with Gasteiger partial charge in [-0.15, -0.1) is 0 Å². The van der Waals surface area contributed by atoms with E-state index in [1.54, 1.807) is 30.5 Å². The molecule has 1 fully saturated rings. The first-order chi connectivity index (χ1) is 14.7. The van der Waals surface area contributed by atoms with E-state index in [0.29, 0.717) is 16.1 Å². The molecule has 0 saturated heterocycles. The van der Waals surface area contributed by atoms with Gasteiger partial charge in [0.15, 0.2) is 12.1 Å². The van der Waals surface area contributed by atoms with Crippen LogP contribution in [0, 0.1) is 0 Å². The van der Waals surface area contributed by atoms with Gasteiger partial charge in [-0.1, -0.05) is 48.7 Å². The summed E-state index contributed by atoms with van der Waals surface area (Å²) in [5, 5.41) is 8.80. The molecule has 6 heteroatoms. The second-order valence-corrected chi connectivity index (χ2v) is 8.11. The Labute approximate surface area is 180 Å². The molecule has 2 unspecified atom stereocenters. The van der Waals surface area contributed by atoms with Crippen LogP contribution in [-0.2, 0) is 0 Å². The summed E-state index contributed by atoms with van der Waals surface area (Å²) in [6, 6.07) is 15.0. The zero-order valence-electron chi connectivity index (χ0n) is 16.6. The van der Waals surface area contributed by atoms with Crippen LogP contribution in [0.4, 0.5) is 5.69 Å². The van der Waals surface area contributed by atoms with E-state index in [2.05, 4.69) is 15.6 Å². The Morgan fingerprint density at radius 3 is 2.73 bits per heavy atom. The summed E-state index contributed by atoms with van der Waals surface area (Å²) in [5.74, 6) is -0.0639. The molecule has 2 N–H and O–H groups in total. The summed E-state index contributed by atoms with van der Waals surface area (Å²) in [5.41, 5.74) is 2.78. The monoisotopic (exact) mass is 421 g/mol. The van der Waals surface area contributed by atoms with E-state index in [1.165, 1.54) is 0 Å². The van der Waals surface area contributed by atoms with E-state index in [9.17, 15) is 9.59 Å². The molecule has 30 heavy (non-hydrogen) atoms. The molecule has 0 spiro atoms. The number of benzene rings is 2. The number of hydrogen-bond acceptors (Lipinski definition) is 5. The van der Waals surface area contributed by atoms with Crippen molar-refractivity contribution in [3.63, 3.8) is 0 Å². The van der Waals surface area contributed by atoms with Crippen LogP contribution in [0.1, 0.15) is 46.4 Å². The number of aldehydes is 1. The molecule has 0 bridgehead atoms. The second kappa shape index (κ2) is 9.37. The second-order valence-electron chi connectivity index (χ2n) is 7.67. The van der Waals surface area contributed by atoms with Gasteiger partial charge in [0.25, 0.3) is 0 Å². The molecular weight excluding hydrogens is 398 g/mol. The molecule has 154 valence electrons. The SMILES string of the molecule is O=Cc1ccccc1C(=O)CNC1CCCCC1Nc1ccnc2cc(Cl)ccc12. The van der Waals surface area contributed by atoms with Crippen molar-refractivity contribution in [1.82, 2.24) is 10.3 Å². The number of carbonyl (C=O) groups is 2. The van der Waals surface area contributed by atoms with Gasteiger partial charge in [-0.25, -0.2) is 0 Å². The van der Waals surface area contributed by atoms with Crippen LogP contribution in [0.15, 0.2) is 54.7 Å². The minimum atomic E-state index is -0.0639. The van der Waals surface area contributed by atoms with Crippen molar-refractivity contribution in [1.29, 1.82) is 0 Å². The predicted octanol–water partition coefficient (Wildman–Crippen LogP) is 4.90. The predicted molar refractivity (Wildman–Crippen MR) is 121 cm³/mol. The van der Waals surface area contributed by atoms with Crippen molar-refractivity contribution in [3.8, 4) is 0 Å². The lowest BCUT2D eigenvalue weighted by atomic mass is 9.89. The molecule has 1 aliphatic carbocycles. The molecule has 0 radical (unpaired) electrons. The third kappa shape index (κ3) is 4.53. The topological polar surface area (TPSA) is 71.1 Å². The van der Waals surface area contributed by atoms with E-state index >= 15 is 0 Å². The van der Waals surface area contributed by atoms with Gasteiger partial charge in [0.2, 0.25) is 0 Å². The maximum absolute atomic E-state index is 12.7. The number of hydrogen-bond donors (Lipinski definition) is 2. The average Bonchev–Trinajstić information content (AvgIpc) is 2.78. The number of ketones is 1. The van der Waals surface area contributed by atoms with Gasteiger partial charge >= 0.3 is 0 Å². The standard InChI is InChI=1S/C24H24ClN3O2/c25-17-9-10-19-20(11-12-26-23(19)13-17)28-22-8-4-3-7-21(22)27-14-24(30)18-6-2-1-5-16(18)15-29/h1-2,5-6,9-13,15,21-22,27H,3-4,7-8,14H2,(H,26,28). The molecule has 2 aromatic carbocycles. The van der Waals surface area contributed by atoms with Crippen molar-refractivity contribution in [3.05, 3.63) is 70.9 Å². The van der Waals surface area contributed by atoms with Crippen molar-refractivity contribution in [2.75, 3.05) is 11.9 Å². The molecule has 1 aliphatic rings. The smallest absolute Gasteiger partial charge is 0.177 e. The first-order valence-electron chi connectivity index (χ1n) is 10.3. The van der Waals surface area contributed by atoms with Crippen LogP contribution >= 0.6 is 11.6 Å². The normalized spacial score (nSPS) is 18.8. The lowest BCUT2D eigenvalue weighted by molar-refractivity contribution is 0.0977. The lowest BCUT2D eigenvalue weighted by Crippen LogP contribution is -2.47. The molecule has 1 saturated carbocycles. The zero-order valence-corrected chi connectivity index (χ0v) is 17.4. The van der Waals surface area contributed by atoms with Gasteiger partial charge in [0.1, 0.15) is 0 Å². The Balaban J connectivity index is 1.47. The highest BCUT2D eigenvalue weighted by molar-refractivity contribution is 6.31. The number of fused-ring (bicyclic) bond motifs is 1. The number of anilines is 1. The number of rotatable bonds is 7. The Kier molecular flexibility index (Phi) is 6.41. The molecule has 0 amide bonds. The quantitative estimate of drug-likeness (QED) is 0.419. The minimum absolute atomic E-state index is 0.0639. The highest BCUT2D eigenvalue weighted by Gasteiger charge is 2.26. The fraction of sp³-hybridized carbons (Fsp3) is 0.292. The van der Waals surface area contributed by atoms with Crippen molar-refractivity contribution >= 4 is 40.3 Å². The highest BCUT2D eigenvalue weighted by Crippen LogP contribution is 2.28. The number of nitrogens with one attached hydrogen (secondary N) is 2. The molecule has 2 atom stereocenters. The molecule has 1 heterocycles. The zero-order chi connectivity index (χ0) is 20.9. The summed E-state index contributed by atoms with van der Waals surface area (Å²) in [7, 11) is 0. The molecule has 0 aliphatic heterocycles. The molecule has 5 nitrogen and oxygen atoms in total. The van der Waals surface area contributed by atoms with Crippen LogP contribution in [0.5, 0.6) is 0 Å². The molecule has 4 rings (SSSR count). The van der Waals surface area contributed by atoms with Crippen molar-refractivity contribution in [2.24, 2.45) is 0 Å². The third-order valence-electron chi connectivity index (χ3n) is 5.72. The fourth-order valence-electron chi connectivity index (χ4n) is 4.17. The summed E-state index contributed by atoms with van der Waals surface area (Å²) < 4.78 is 0. The van der Waals surface area contributed by atoms with Gasteiger partial charge in [0, 0.05) is 45.5 Å². The van der Waals surface area contributed by atoms with E-state index in [-0.39, 0.29) is 24.4 Å².